The van der Waals surface area contributed by atoms with Gasteiger partial charge in [-0.05, 0) is 42.5 Å². The zero-order valence-corrected chi connectivity index (χ0v) is 19.9. The highest BCUT2D eigenvalue weighted by molar-refractivity contribution is 7.98. The van der Waals surface area contributed by atoms with Crippen LogP contribution in [0.5, 0.6) is 0 Å². The molecule has 0 unspecified atom stereocenters. The second-order valence-corrected chi connectivity index (χ2v) is 8.99. The van der Waals surface area contributed by atoms with Crippen molar-refractivity contribution in [2.24, 2.45) is 0 Å². The summed E-state index contributed by atoms with van der Waals surface area (Å²) in [4.78, 5) is 25.0. The minimum Gasteiger partial charge on any atom is -0.378 e. The Morgan fingerprint density at radius 1 is 1.12 bits per heavy atom. The van der Waals surface area contributed by atoms with Crippen LogP contribution < -0.4 is 0 Å². The smallest absolute Gasteiger partial charge is 0.254 e. The Morgan fingerprint density at radius 2 is 1.88 bits per heavy atom. The number of hydrogen-bond acceptors (Lipinski definition) is 5. The fraction of sp³-hybridized carbons (Fsp3) is 0.269. The molecule has 8 heteroatoms. The number of benzene rings is 2. The van der Waals surface area contributed by atoms with Gasteiger partial charge < -0.3 is 9.64 Å². The number of hydrogen-bond donors (Lipinski definition) is 0. The molecule has 0 atom stereocenters. The van der Waals surface area contributed by atoms with Crippen molar-refractivity contribution in [3.8, 4) is 17.1 Å². The van der Waals surface area contributed by atoms with Gasteiger partial charge in [0.15, 0.2) is 0 Å². The predicted octanol–water partition coefficient (Wildman–Crippen LogP) is 4.98. The normalized spacial score (nSPS) is 14.0. The number of ether oxygens (including phenoxy) is 1. The maximum atomic E-state index is 14.4. The molecule has 174 valence electrons. The number of carbonyl (C=O) groups excluding carboxylic acids is 1. The lowest BCUT2D eigenvalue weighted by Gasteiger charge is -2.26. The first-order chi connectivity index (χ1) is 16.6. The highest BCUT2D eigenvalue weighted by Gasteiger charge is 2.20. The summed E-state index contributed by atoms with van der Waals surface area (Å²) in [5, 5.41) is 1.03. The molecule has 0 aliphatic carbocycles. The van der Waals surface area contributed by atoms with Gasteiger partial charge in [0.1, 0.15) is 5.82 Å². The number of carbonyl (C=O) groups is 1. The zero-order valence-electron chi connectivity index (χ0n) is 19.1. The molecular weight excluding hydrogens is 451 g/mol. The third-order valence-corrected chi connectivity index (χ3v) is 6.90. The molecule has 0 radical (unpaired) electrons. The number of rotatable bonds is 5. The first-order valence-corrected chi connectivity index (χ1v) is 12.5. The molecule has 2 aromatic carbocycles. The van der Waals surface area contributed by atoms with Crippen LogP contribution in [0.25, 0.3) is 28.0 Å². The van der Waals surface area contributed by atoms with Crippen LogP contribution in [0.2, 0.25) is 0 Å². The molecule has 1 fully saturated rings. The average Bonchev–Trinajstić information content (AvgIpc) is 3.27. The molecule has 2 aromatic heterocycles. The van der Waals surface area contributed by atoms with E-state index in [4.69, 9.17) is 4.74 Å². The van der Waals surface area contributed by atoms with Crippen molar-refractivity contribution in [3.63, 3.8) is 0 Å². The van der Waals surface area contributed by atoms with Gasteiger partial charge in [0.05, 0.1) is 18.7 Å². The SMILES string of the molecule is CCc1ccc(F)c(-c2cnc(-n3cc(SC)c4ccc(C(=O)N5CCOCC5)cc43)nc2)c1. The number of fused-ring (bicyclic) bond motifs is 1. The van der Waals surface area contributed by atoms with E-state index in [2.05, 4.69) is 9.97 Å². The van der Waals surface area contributed by atoms with E-state index >= 15 is 0 Å². The van der Waals surface area contributed by atoms with Crippen LogP contribution >= 0.6 is 11.8 Å². The van der Waals surface area contributed by atoms with Crippen LogP contribution in [0, 0.1) is 5.82 Å². The van der Waals surface area contributed by atoms with Crippen molar-refractivity contribution in [2.75, 3.05) is 32.6 Å². The monoisotopic (exact) mass is 476 g/mol. The Morgan fingerprint density at radius 3 is 2.59 bits per heavy atom. The Hall–Kier alpha value is -3.23. The number of morpholine rings is 1. The van der Waals surface area contributed by atoms with E-state index in [1.807, 2.05) is 53.1 Å². The van der Waals surface area contributed by atoms with Crippen LogP contribution in [0.4, 0.5) is 4.39 Å². The van der Waals surface area contributed by atoms with Crippen LogP contribution in [0.15, 0.2) is 59.9 Å². The molecule has 6 nitrogen and oxygen atoms in total. The largest absolute Gasteiger partial charge is 0.378 e. The van der Waals surface area contributed by atoms with Gasteiger partial charge in [-0.2, -0.15) is 0 Å². The molecule has 5 rings (SSSR count). The molecule has 0 spiro atoms. The number of aromatic nitrogens is 3. The summed E-state index contributed by atoms with van der Waals surface area (Å²) in [7, 11) is 0. The number of aryl methyl sites for hydroxylation is 1. The van der Waals surface area contributed by atoms with Crippen LogP contribution in [0.3, 0.4) is 0 Å². The standard InChI is InChI=1S/C26H25FN4O2S/c1-3-17-4-7-22(27)21(12-17)19-14-28-26(29-15-19)31-16-24(34-2)20-6-5-18(13-23(20)31)25(32)30-8-10-33-11-9-30/h4-7,12-16H,3,8-11H2,1-2H3. The minimum atomic E-state index is -0.295. The Bertz CT molecular complexity index is 1350. The van der Waals surface area contributed by atoms with E-state index in [9.17, 15) is 9.18 Å². The fourth-order valence-corrected chi connectivity index (χ4v) is 4.81. The predicted molar refractivity (Wildman–Crippen MR) is 132 cm³/mol. The van der Waals surface area contributed by atoms with Crippen molar-refractivity contribution < 1.29 is 13.9 Å². The van der Waals surface area contributed by atoms with Crippen LogP contribution in [-0.4, -0.2) is 57.9 Å². The average molecular weight is 477 g/mol. The van der Waals surface area contributed by atoms with Gasteiger partial charge in [-0.1, -0.05) is 19.1 Å². The van der Waals surface area contributed by atoms with Gasteiger partial charge in [-0.3, -0.25) is 9.36 Å². The Balaban J connectivity index is 1.53. The Kier molecular flexibility index (Phi) is 6.34. The molecule has 1 amide bonds. The maximum Gasteiger partial charge on any atom is 0.254 e. The lowest BCUT2D eigenvalue weighted by atomic mass is 10.0. The minimum absolute atomic E-state index is 0.00815. The van der Waals surface area contributed by atoms with Gasteiger partial charge in [0.25, 0.3) is 5.91 Å². The van der Waals surface area contributed by atoms with Crippen molar-refractivity contribution >= 4 is 28.6 Å². The summed E-state index contributed by atoms with van der Waals surface area (Å²) < 4.78 is 21.7. The van der Waals surface area contributed by atoms with Gasteiger partial charge in [-0.15, -0.1) is 11.8 Å². The van der Waals surface area contributed by atoms with E-state index in [1.54, 1.807) is 30.2 Å². The first-order valence-electron chi connectivity index (χ1n) is 11.3. The molecule has 0 saturated carbocycles. The van der Waals surface area contributed by atoms with E-state index in [-0.39, 0.29) is 11.7 Å². The summed E-state index contributed by atoms with van der Waals surface area (Å²) in [6.45, 7) is 4.34. The number of nitrogens with zero attached hydrogens (tertiary/aromatic N) is 4. The van der Waals surface area contributed by atoms with Gasteiger partial charge >= 0.3 is 0 Å². The lowest BCUT2D eigenvalue weighted by Crippen LogP contribution is -2.40. The van der Waals surface area contributed by atoms with Crippen LogP contribution in [0.1, 0.15) is 22.8 Å². The number of thioether (sulfide) groups is 1. The molecule has 1 aliphatic rings. The summed E-state index contributed by atoms with van der Waals surface area (Å²) >= 11 is 1.62. The third kappa shape index (κ3) is 4.19. The van der Waals surface area contributed by atoms with Crippen molar-refractivity contribution in [2.45, 2.75) is 18.2 Å². The lowest BCUT2D eigenvalue weighted by molar-refractivity contribution is 0.0303. The van der Waals surface area contributed by atoms with E-state index < -0.39 is 0 Å². The fourth-order valence-electron chi connectivity index (χ4n) is 4.20. The summed E-state index contributed by atoms with van der Waals surface area (Å²) in [5.74, 6) is 0.166. The summed E-state index contributed by atoms with van der Waals surface area (Å²) in [6.07, 6.45) is 8.11. The molecule has 4 aromatic rings. The van der Waals surface area contributed by atoms with E-state index in [0.29, 0.717) is 48.9 Å². The molecule has 34 heavy (non-hydrogen) atoms. The number of amides is 1. The second-order valence-electron chi connectivity index (χ2n) is 8.14. The maximum absolute atomic E-state index is 14.4. The molecule has 1 saturated heterocycles. The van der Waals surface area contributed by atoms with Gasteiger partial charge in [0, 0.05) is 58.7 Å². The first kappa shape index (κ1) is 22.6. The van der Waals surface area contributed by atoms with Crippen molar-refractivity contribution in [1.29, 1.82) is 0 Å². The van der Waals surface area contributed by atoms with Gasteiger partial charge in [-0.25, -0.2) is 14.4 Å². The molecule has 3 heterocycles. The highest BCUT2D eigenvalue weighted by Crippen LogP contribution is 2.31. The summed E-state index contributed by atoms with van der Waals surface area (Å²) in [5.41, 5.74) is 3.65. The molecule has 0 N–H and O–H groups in total. The number of halogens is 1. The van der Waals surface area contributed by atoms with Gasteiger partial charge in [0.2, 0.25) is 5.95 Å². The van der Waals surface area contributed by atoms with Crippen molar-refractivity contribution in [1.82, 2.24) is 19.4 Å². The molecule has 1 aliphatic heterocycles. The third-order valence-electron chi connectivity index (χ3n) is 6.14. The second kappa shape index (κ2) is 9.56. The molecular formula is C26H25FN4O2S. The van der Waals surface area contributed by atoms with Crippen LogP contribution in [-0.2, 0) is 11.2 Å². The Labute approximate surface area is 201 Å². The summed E-state index contributed by atoms with van der Waals surface area (Å²) in [6, 6.07) is 10.9. The quantitative estimate of drug-likeness (QED) is 0.380. The zero-order chi connectivity index (χ0) is 23.7. The molecule has 0 bridgehead atoms. The van der Waals surface area contributed by atoms with E-state index in [0.717, 1.165) is 27.8 Å². The van der Waals surface area contributed by atoms with E-state index in [1.165, 1.54) is 6.07 Å². The van der Waals surface area contributed by atoms with Crippen molar-refractivity contribution in [3.05, 3.63) is 71.9 Å². The highest BCUT2D eigenvalue weighted by atomic mass is 32.2. The topological polar surface area (TPSA) is 60.2 Å².